The molecule has 0 amide bonds. The molecule has 1 N–H and O–H groups in total. The number of carbonyl (C=O) groups excluding carboxylic acids is 2. The maximum Gasteiger partial charge on any atom is 0.305 e. The average Bonchev–Trinajstić information content (AvgIpc) is 3.04. The molecule has 0 heterocycles. The third kappa shape index (κ3) is 34.0. The zero-order valence-corrected chi connectivity index (χ0v) is 30.0. The fourth-order valence-corrected chi connectivity index (χ4v) is 3.84. The zero-order valence-electron chi connectivity index (χ0n) is 30.0. The van der Waals surface area contributed by atoms with E-state index in [1.807, 2.05) is 21.1 Å². The largest absolute Gasteiger partial charge is 0.545 e. The number of carboxylic acids is 1. The van der Waals surface area contributed by atoms with E-state index in [-0.39, 0.29) is 26.2 Å². The second-order valence-electron chi connectivity index (χ2n) is 12.3. The van der Waals surface area contributed by atoms with Crippen molar-refractivity contribution in [3.05, 3.63) is 97.2 Å². The number of ether oxygens (including phenoxy) is 3. The zero-order chi connectivity index (χ0) is 35.6. The van der Waals surface area contributed by atoms with Gasteiger partial charge in [0.1, 0.15) is 19.3 Å². The molecule has 0 saturated heterocycles. The molecule has 0 fully saturated rings. The van der Waals surface area contributed by atoms with Crippen LogP contribution in [-0.4, -0.2) is 81.4 Å². The minimum Gasteiger partial charge on any atom is -0.545 e. The highest BCUT2D eigenvalue weighted by molar-refractivity contribution is 5.69. The van der Waals surface area contributed by atoms with Crippen molar-refractivity contribution in [2.45, 2.75) is 96.4 Å². The highest BCUT2D eigenvalue weighted by Gasteiger charge is 2.17. The van der Waals surface area contributed by atoms with Crippen molar-refractivity contribution in [3.8, 4) is 0 Å². The maximum absolute atomic E-state index is 11.9. The molecule has 0 spiro atoms. The Kier molecular flexibility index (Phi) is 30.0. The van der Waals surface area contributed by atoms with Gasteiger partial charge in [0.25, 0.3) is 0 Å². The summed E-state index contributed by atoms with van der Waals surface area (Å²) in [7, 11) is 5.84. The van der Waals surface area contributed by atoms with Crippen molar-refractivity contribution in [2.24, 2.45) is 0 Å². The maximum atomic E-state index is 11.9. The quantitative estimate of drug-likeness (QED) is 0.0293. The lowest BCUT2D eigenvalue weighted by Gasteiger charge is -2.26. The van der Waals surface area contributed by atoms with Crippen LogP contribution in [-0.2, 0) is 23.8 Å². The lowest BCUT2D eigenvalue weighted by atomic mass is 10.2. The highest BCUT2D eigenvalue weighted by Crippen LogP contribution is 2.05. The van der Waals surface area contributed by atoms with E-state index in [2.05, 4.69) is 104 Å². The van der Waals surface area contributed by atoms with Crippen LogP contribution in [0.4, 0.5) is 0 Å². The predicted octanol–water partition coefficient (Wildman–Crippen LogP) is 6.86. The van der Waals surface area contributed by atoms with Gasteiger partial charge in [-0.25, -0.2) is 0 Å². The van der Waals surface area contributed by atoms with Crippen LogP contribution in [0.5, 0.6) is 0 Å². The summed E-state index contributed by atoms with van der Waals surface area (Å²) in [6.07, 6.45) is 42.7. The van der Waals surface area contributed by atoms with Crippen molar-refractivity contribution in [1.29, 1.82) is 0 Å². The normalized spacial score (nSPS) is 14.4. The first kappa shape index (κ1) is 44.7. The van der Waals surface area contributed by atoms with Crippen LogP contribution < -0.4 is 5.11 Å². The third-order valence-electron chi connectivity index (χ3n) is 6.58. The van der Waals surface area contributed by atoms with Crippen LogP contribution in [0.25, 0.3) is 0 Å². The molecular weight excluding hydrogens is 606 g/mol. The van der Waals surface area contributed by atoms with E-state index in [1.165, 1.54) is 0 Å². The number of quaternary nitrogens is 1. The Bertz CT molecular complexity index is 1040. The summed E-state index contributed by atoms with van der Waals surface area (Å²) < 4.78 is 15.9. The van der Waals surface area contributed by atoms with E-state index in [0.29, 0.717) is 17.4 Å². The molecule has 2 unspecified atom stereocenters. The lowest BCUT2D eigenvalue weighted by Crippen LogP contribution is -2.44. The lowest BCUT2D eigenvalue weighted by molar-refractivity contribution is -0.870. The molecule has 0 radical (unpaired) electrons. The minimum absolute atomic E-state index is 0.157. The number of hydrogen-bond acceptors (Lipinski definition) is 7. The first-order valence-corrected chi connectivity index (χ1v) is 17.4. The van der Waals surface area contributed by atoms with E-state index in [1.54, 1.807) is 0 Å². The summed E-state index contributed by atoms with van der Waals surface area (Å²) in [5.41, 5.74) is 0. The molecule has 0 aliphatic rings. The predicted molar refractivity (Wildman–Crippen MR) is 195 cm³/mol. The van der Waals surface area contributed by atoms with Crippen molar-refractivity contribution >= 4 is 11.9 Å². The monoisotopic (exact) mass is 669 g/mol. The molecule has 0 rings (SSSR count). The van der Waals surface area contributed by atoms with Gasteiger partial charge in [0.2, 0.25) is 0 Å². The summed E-state index contributed by atoms with van der Waals surface area (Å²) >= 11 is 0. The van der Waals surface area contributed by atoms with E-state index < -0.39 is 24.3 Å². The number of unbranched alkanes of at least 4 members (excludes halogenated alkanes) is 2. The van der Waals surface area contributed by atoms with E-state index in [4.69, 9.17) is 14.2 Å². The molecule has 8 nitrogen and oxygen atoms in total. The van der Waals surface area contributed by atoms with Gasteiger partial charge in [-0.2, -0.15) is 0 Å². The number of esters is 1. The van der Waals surface area contributed by atoms with Crippen LogP contribution in [0.2, 0.25) is 0 Å². The van der Waals surface area contributed by atoms with Gasteiger partial charge >= 0.3 is 5.97 Å². The Morgan fingerprint density at radius 3 is 1.50 bits per heavy atom. The Morgan fingerprint density at radius 2 is 1.08 bits per heavy atom. The van der Waals surface area contributed by atoms with Crippen LogP contribution in [0.1, 0.15) is 84.0 Å². The number of carbonyl (C=O) groups is 2. The number of carboxylic acid groups (broad SMARTS) is 1. The van der Waals surface area contributed by atoms with E-state index in [0.717, 1.165) is 64.2 Å². The summed E-state index contributed by atoms with van der Waals surface area (Å²) in [6.45, 7) is 2.26. The summed E-state index contributed by atoms with van der Waals surface area (Å²) in [5.74, 6) is -1.93. The van der Waals surface area contributed by atoms with Gasteiger partial charge in [0.15, 0.2) is 6.29 Å². The van der Waals surface area contributed by atoms with Gasteiger partial charge in [-0.05, 0) is 70.6 Å². The molecule has 8 heteroatoms. The Balaban J connectivity index is 3.77. The number of aliphatic hydroxyl groups excluding tert-OH is 1. The highest BCUT2D eigenvalue weighted by atomic mass is 16.7. The molecule has 0 saturated carbocycles. The molecule has 0 aromatic rings. The summed E-state index contributed by atoms with van der Waals surface area (Å²) in [5, 5.41) is 21.1. The van der Waals surface area contributed by atoms with Crippen molar-refractivity contribution in [1.82, 2.24) is 0 Å². The van der Waals surface area contributed by atoms with Gasteiger partial charge in [-0.3, -0.25) is 4.79 Å². The standard InChI is InChI=1S/C40H63NO7/c1-5-6-7-8-9-10-11-12-13-14-15-16-17-18-19-20-21-22-23-24-25-26-27-28-29-30-31-32-38(43)47-35-37(42)36-48-40(39(44)45)46-34-33-41(2,3)4/h6-7,9-10,12-13,15-16,18-19,21-22,24-25,27-28,37,40,42H,5,8,11,14,17,20,23,26,29-36H2,1-4H3/b7-6-,10-9-,13-12-,16-15-,19-18-,22-21-,25-24-,28-27-. The van der Waals surface area contributed by atoms with Crippen LogP contribution in [0.3, 0.4) is 0 Å². The molecule has 0 aliphatic heterocycles. The number of nitrogens with zero attached hydrogens (tertiary/aromatic N) is 1. The fourth-order valence-electron chi connectivity index (χ4n) is 3.84. The van der Waals surface area contributed by atoms with Crippen LogP contribution in [0.15, 0.2) is 97.2 Å². The molecule has 0 aromatic heterocycles. The Labute approximate surface area is 291 Å². The number of aliphatic hydroxyl groups is 1. The number of rotatable bonds is 30. The van der Waals surface area contributed by atoms with Crippen molar-refractivity contribution < 1.29 is 38.5 Å². The second-order valence-corrected chi connectivity index (χ2v) is 12.3. The summed E-state index contributed by atoms with van der Waals surface area (Å²) in [4.78, 5) is 23.1. The summed E-state index contributed by atoms with van der Waals surface area (Å²) in [6, 6.07) is 0. The average molecular weight is 670 g/mol. The molecule has 0 bridgehead atoms. The third-order valence-corrected chi connectivity index (χ3v) is 6.58. The molecule has 270 valence electrons. The fraction of sp³-hybridized carbons (Fsp3) is 0.550. The number of likely N-dealkylation sites (N-methyl/N-ethyl adjacent to an activating group) is 1. The Morgan fingerprint density at radius 1 is 0.646 bits per heavy atom. The number of aliphatic carboxylic acids is 1. The SMILES string of the molecule is CC/C=C\C/C=C\C/C=C\C/C=C\C/C=C\C/C=C\C/C=C\C/C=C\CCCCC(=O)OCC(O)COC(OCC[N+](C)(C)C)C(=O)[O-]. The van der Waals surface area contributed by atoms with Gasteiger partial charge in [0.05, 0.1) is 40.3 Å². The first-order chi connectivity index (χ1) is 23.2. The van der Waals surface area contributed by atoms with Crippen molar-refractivity contribution in [2.75, 3.05) is 47.5 Å². The van der Waals surface area contributed by atoms with Crippen LogP contribution in [0, 0.1) is 0 Å². The molecule has 0 aromatic carbocycles. The smallest absolute Gasteiger partial charge is 0.305 e. The van der Waals surface area contributed by atoms with E-state index >= 15 is 0 Å². The second kappa shape index (κ2) is 32.3. The van der Waals surface area contributed by atoms with Gasteiger partial charge in [-0.15, -0.1) is 0 Å². The van der Waals surface area contributed by atoms with Crippen molar-refractivity contribution in [3.63, 3.8) is 0 Å². The van der Waals surface area contributed by atoms with Gasteiger partial charge in [0, 0.05) is 6.42 Å². The minimum atomic E-state index is -1.59. The molecule has 2 atom stereocenters. The molecule has 0 aliphatic carbocycles. The number of hydrogen-bond donors (Lipinski definition) is 1. The number of allylic oxidation sites excluding steroid dienone is 16. The van der Waals surface area contributed by atoms with E-state index in [9.17, 15) is 19.8 Å². The van der Waals surface area contributed by atoms with Gasteiger partial charge < -0.3 is 33.7 Å². The first-order valence-electron chi connectivity index (χ1n) is 17.4. The Hall–Kier alpha value is -3.30. The molecular formula is C40H63NO7. The topological polar surface area (TPSA) is 105 Å². The van der Waals surface area contributed by atoms with Gasteiger partial charge in [-0.1, -0.05) is 104 Å². The van der Waals surface area contributed by atoms with Crippen LogP contribution >= 0.6 is 0 Å². The molecule has 48 heavy (non-hydrogen) atoms.